The Morgan fingerprint density at radius 3 is 2.42 bits per heavy atom. The number of piperazine rings is 1. The van der Waals surface area contributed by atoms with Crippen LogP contribution in [-0.4, -0.2) is 54.5 Å². The van der Waals surface area contributed by atoms with Crippen LogP contribution in [0.4, 0.5) is 0 Å². The summed E-state index contributed by atoms with van der Waals surface area (Å²) >= 11 is 0. The van der Waals surface area contributed by atoms with Gasteiger partial charge in [0.05, 0.1) is 0 Å². The first-order chi connectivity index (χ1) is 9.24. The highest BCUT2D eigenvalue weighted by Crippen LogP contribution is 2.30. The second-order valence-corrected chi connectivity index (χ2v) is 6.10. The summed E-state index contributed by atoms with van der Waals surface area (Å²) < 4.78 is 0. The molecule has 0 aromatic carbocycles. The van der Waals surface area contributed by atoms with Crippen LogP contribution < -0.4 is 5.73 Å². The molecule has 0 spiro atoms. The zero-order valence-corrected chi connectivity index (χ0v) is 12.3. The molecule has 0 aromatic heterocycles. The Morgan fingerprint density at radius 1 is 1.26 bits per heavy atom. The van der Waals surface area contributed by atoms with E-state index in [1.54, 1.807) is 0 Å². The molecular weight excluding hydrogens is 238 g/mol. The van der Waals surface area contributed by atoms with Crippen LogP contribution in [0.5, 0.6) is 0 Å². The average Bonchev–Trinajstić information content (AvgIpc) is 2.40. The summed E-state index contributed by atoms with van der Waals surface area (Å²) in [5.41, 5.74) is 5.85. The molecular formula is C15H29N3O. The summed E-state index contributed by atoms with van der Waals surface area (Å²) in [4.78, 5) is 16.7. The zero-order valence-electron chi connectivity index (χ0n) is 12.3. The van der Waals surface area contributed by atoms with Crippen LogP contribution in [0.3, 0.4) is 0 Å². The normalized spacial score (nSPS) is 23.2. The number of carbonyl (C=O) groups is 1. The first kappa shape index (κ1) is 14.8. The third-order valence-corrected chi connectivity index (χ3v) is 4.77. The van der Waals surface area contributed by atoms with Crippen molar-refractivity contribution in [1.29, 1.82) is 0 Å². The fourth-order valence-corrected chi connectivity index (χ4v) is 3.19. The van der Waals surface area contributed by atoms with Crippen molar-refractivity contribution < 1.29 is 4.79 Å². The molecule has 2 fully saturated rings. The van der Waals surface area contributed by atoms with Gasteiger partial charge in [0, 0.05) is 45.2 Å². The first-order valence-electron chi connectivity index (χ1n) is 7.96. The minimum Gasteiger partial charge on any atom is -0.340 e. The van der Waals surface area contributed by atoms with E-state index >= 15 is 0 Å². The van der Waals surface area contributed by atoms with Crippen molar-refractivity contribution in [2.24, 2.45) is 11.7 Å². The van der Waals surface area contributed by atoms with Gasteiger partial charge in [-0.25, -0.2) is 0 Å². The molecule has 1 aliphatic carbocycles. The predicted octanol–water partition coefficient (Wildman–Crippen LogP) is 1.45. The second-order valence-electron chi connectivity index (χ2n) is 6.10. The molecule has 1 amide bonds. The van der Waals surface area contributed by atoms with Crippen molar-refractivity contribution in [3.8, 4) is 0 Å². The monoisotopic (exact) mass is 267 g/mol. The molecule has 1 heterocycles. The zero-order chi connectivity index (χ0) is 13.7. The summed E-state index contributed by atoms with van der Waals surface area (Å²) in [6.07, 6.45) is 6.99. The van der Waals surface area contributed by atoms with Crippen LogP contribution in [0.25, 0.3) is 0 Å². The minimum atomic E-state index is 0.379. The molecule has 2 N–H and O–H groups in total. The first-order valence-corrected chi connectivity index (χ1v) is 7.96. The molecule has 1 aliphatic heterocycles. The lowest BCUT2D eigenvalue weighted by molar-refractivity contribution is -0.134. The second kappa shape index (κ2) is 7.25. The molecule has 0 bridgehead atoms. The molecule has 1 unspecified atom stereocenters. The van der Waals surface area contributed by atoms with Gasteiger partial charge < -0.3 is 10.6 Å². The van der Waals surface area contributed by atoms with E-state index in [2.05, 4.69) is 16.7 Å². The van der Waals surface area contributed by atoms with Crippen molar-refractivity contribution >= 4 is 5.91 Å². The van der Waals surface area contributed by atoms with E-state index in [0.29, 0.717) is 17.9 Å². The lowest BCUT2D eigenvalue weighted by atomic mass is 9.82. The smallest absolute Gasteiger partial charge is 0.222 e. The van der Waals surface area contributed by atoms with Gasteiger partial charge in [0.1, 0.15) is 0 Å². The van der Waals surface area contributed by atoms with E-state index in [4.69, 9.17) is 5.73 Å². The van der Waals surface area contributed by atoms with Gasteiger partial charge >= 0.3 is 0 Å². The molecule has 19 heavy (non-hydrogen) atoms. The maximum absolute atomic E-state index is 12.2. The molecule has 1 atom stereocenters. The van der Waals surface area contributed by atoms with Crippen molar-refractivity contribution in [2.45, 2.75) is 51.5 Å². The Labute approximate surface area is 117 Å². The molecule has 0 radical (unpaired) electrons. The Morgan fingerprint density at radius 2 is 1.95 bits per heavy atom. The van der Waals surface area contributed by atoms with Gasteiger partial charge in [0.25, 0.3) is 0 Å². The van der Waals surface area contributed by atoms with E-state index < -0.39 is 0 Å². The van der Waals surface area contributed by atoms with Crippen molar-refractivity contribution in [2.75, 3.05) is 32.7 Å². The largest absolute Gasteiger partial charge is 0.340 e. The SMILES string of the molecule is CCCC(CN)N1CCN(C(=O)CC2CCC2)CC1. The van der Waals surface area contributed by atoms with Crippen LogP contribution in [0.15, 0.2) is 0 Å². The molecule has 4 heteroatoms. The highest BCUT2D eigenvalue weighted by Gasteiger charge is 2.27. The number of carbonyl (C=O) groups excluding carboxylic acids is 1. The van der Waals surface area contributed by atoms with Gasteiger partial charge in [-0.15, -0.1) is 0 Å². The van der Waals surface area contributed by atoms with E-state index in [-0.39, 0.29) is 0 Å². The fourth-order valence-electron chi connectivity index (χ4n) is 3.19. The Hall–Kier alpha value is -0.610. The highest BCUT2D eigenvalue weighted by molar-refractivity contribution is 5.76. The van der Waals surface area contributed by atoms with Gasteiger partial charge in [-0.05, 0) is 25.2 Å². The minimum absolute atomic E-state index is 0.379. The lowest BCUT2D eigenvalue weighted by Gasteiger charge is -2.39. The van der Waals surface area contributed by atoms with E-state index in [0.717, 1.165) is 39.1 Å². The number of nitrogens with two attached hydrogens (primary N) is 1. The average molecular weight is 267 g/mol. The van der Waals surface area contributed by atoms with Crippen molar-refractivity contribution in [3.63, 3.8) is 0 Å². The van der Waals surface area contributed by atoms with Crippen LogP contribution in [0.2, 0.25) is 0 Å². The lowest BCUT2D eigenvalue weighted by Crippen LogP contribution is -2.53. The predicted molar refractivity (Wildman–Crippen MR) is 77.9 cm³/mol. The maximum atomic E-state index is 12.2. The molecule has 2 rings (SSSR count). The third kappa shape index (κ3) is 3.93. The quantitative estimate of drug-likeness (QED) is 0.792. The highest BCUT2D eigenvalue weighted by atomic mass is 16.2. The van der Waals surface area contributed by atoms with Gasteiger partial charge in [-0.1, -0.05) is 19.8 Å². The fraction of sp³-hybridized carbons (Fsp3) is 0.933. The molecule has 4 nitrogen and oxygen atoms in total. The van der Waals surface area contributed by atoms with Crippen LogP contribution in [0.1, 0.15) is 45.4 Å². The number of amides is 1. The number of hydrogen-bond acceptors (Lipinski definition) is 3. The van der Waals surface area contributed by atoms with Crippen molar-refractivity contribution in [1.82, 2.24) is 9.80 Å². The topological polar surface area (TPSA) is 49.6 Å². The standard InChI is InChI=1S/C15H29N3O/c1-2-4-14(12-16)17-7-9-18(10-8-17)15(19)11-13-5-3-6-13/h13-14H,2-12,16H2,1H3. The summed E-state index contributed by atoms with van der Waals surface area (Å²) in [5, 5.41) is 0. The molecule has 0 aromatic rings. The Bertz CT molecular complexity index is 283. The molecule has 1 saturated carbocycles. The Kier molecular flexibility index (Phi) is 5.64. The number of nitrogens with zero attached hydrogens (tertiary/aromatic N) is 2. The van der Waals surface area contributed by atoms with Gasteiger partial charge in [0.2, 0.25) is 5.91 Å². The molecule has 2 aliphatic rings. The summed E-state index contributed by atoms with van der Waals surface area (Å²) in [7, 11) is 0. The van der Waals surface area contributed by atoms with E-state index in [1.165, 1.54) is 32.1 Å². The maximum Gasteiger partial charge on any atom is 0.222 e. The van der Waals surface area contributed by atoms with Crippen LogP contribution in [0, 0.1) is 5.92 Å². The summed E-state index contributed by atoms with van der Waals surface area (Å²) in [6.45, 7) is 6.74. The van der Waals surface area contributed by atoms with E-state index in [9.17, 15) is 4.79 Å². The molecule has 110 valence electrons. The van der Waals surface area contributed by atoms with E-state index in [1.807, 2.05) is 0 Å². The number of hydrogen-bond donors (Lipinski definition) is 1. The molecule has 1 saturated heterocycles. The van der Waals surface area contributed by atoms with Crippen molar-refractivity contribution in [3.05, 3.63) is 0 Å². The van der Waals surface area contributed by atoms with Gasteiger partial charge in [-0.3, -0.25) is 9.69 Å². The van der Waals surface area contributed by atoms with Gasteiger partial charge in [-0.2, -0.15) is 0 Å². The van der Waals surface area contributed by atoms with Crippen LogP contribution >= 0.6 is 0 Å². The summed E-state index contributed by atoms with van der Waals surface area (Å²) in [5.74, 6) is 1.06. The number of rotatable bonds is 6. The summed E-state index contributed by atoms with van der Waals surface area (Å²) in [6, 6.07) is 0.508. The third-order valence-electron chi connectivity index (χ3n) is 4.77. The Balaban J connectivity index is 1.73. The van der Waals surface area contributed by atoms with Crippen LogP contribution in [-0.2, 0) is 4.79 Å². The van der Waals surface area contributed by atoms with Gasteiger partial charge in [0.15, 0.2) is 0 Å².